The van der Waals surface area contributed by atoms with Crippen LogP contribution in [0.5, 0.6) is 0 Å². The summed E-state index contributed by atoms with van der Waals surface area (Å²) in [6.45, 7) is 11.0. The summed E-state index contributed by atoms with van der Waals surface area (Å²) in [5.74, 6) is 0.582. The largest absolute Gasteiger partial charge is 0.257 e. The van der Waals surface area contributed by atoms with Crippen LogP contribution < -0.4 is 4.57 Å². The Labute approximate surface area is 179 Å². The first-order valence-electron chi connectivity index (χ1n) is 10.6. The molecule has 30 heavy (non-hydrogen) atoms. The van der Waals surface area contributed by atoms with Gasteiger partial charge in [0.15, 0.2) is 6.20 Å². The van der Waals surface area contributed by atoms with E-state index in [4.69, 9.17) is 0 Å². The third-order valence-corrected chi connectivity index (χ3v) is 5.80. The van der Waals surface area contributed by atoms with Crippen molar-refractivity contribution in [3.63, 3.8) is 0 Å². The van der Waals surface area contributed by atoms with E-state index >= 15 is 0 Å². The van der Waals surface area contributed by atoms with Crippen molar-refractivity contribution in [3.05, 3.63) is 77.4 Å². The van der Waals surface area contributed by atoms with Crippen molar-refractivity contribution in [2.24, 2.45) is 13.0 Å². The highest BCUT2D eigenvalue weighted by Gasteiger charge is 2.16. The second-order valence-corrected chi connectivity index (χ2v) is 8.86. The van der Waals surface area contributed by atoms with E-state index in [0.29, 0.717) is 5.92 Å². The van der Waals surface area contributed by atoms with Crippen LogP contribution in [0.4, 0.5) is 0 Å². The fourth-order valence-electron chi connectivity index (χ4n) is 4.11. The van der Waals surface area contributed by atoms with Gasteiger partial charge in [0.1, 0.15) is 7.05 Å². The fraction of sp³-hybridized carbons (Fsp3) is 0.296. The summed E-state index contributed by atoms with van der Waals surface area (Å²) >= 11 is 0. The molecule has 2 aromatic heterocycles. The SMILES string of the molecule is Cc1cc(C)c(C)c(-c2cc3cc(-c4cnc(CC(C)C)cn4)ccc3c[n+]2C)c1. The zero-order valence-corrected chi connectivity index (χ0v) is 18.8. The second kappa shape index (κ2) is 7.98. The van der Waals surface area contributed by atoms with Crippen LogP contribution in [0, 0.1) is 26.7 Å². The Bertz CT molecular complexity index is 1220. The minimum Gasteiger partial charge on any atom is -0.257 e. The van der Waals surface area contributed by atoms with Crippen LogP contribution in [0.1, 0.15) is 36.2 Å². The molecule has 0 amide bonds. The summed E-state index contributed by atoms with van der Waals surface area (Å²) in [5, 5.41) is 2.43. The fourth-order valence-corrected chi connectivity index (χ4v) is 4.11. The molecule has 2 aromatic carbocycles. The highest BCUT2D eigenvalue weighted by molar-refractivity contribution is 5.88. The number of rotatable bonds is 4. The van der Waals surface area contributed by atoms with Gasteiger partial charge >= 0.3 is 0 Å². The highest BCUT2D eigenvalue weighted by atomic mass is 14.9. The molecule has 0 atom stereocenters. The number of hydrogen-bond acceptors (Lipinski definition) is 2. The van der Waals surface area contributed by atoms with Crippen LogP contribution in [0.3, 0.4) is 0 Å². The number of pyridine rings is 1. The molecule has 2 heterocycles. The molecule has 0 aliphatic heterocycles. The average Bonchev–Trinajstić information content (AvgIpc) is 2.70. The Hall–Kier alpha value is -3.07. The van der Waals surface area contributed by atoms with E-state index in [9.17, 15) is 0 Å². The van der Waals surface area contributed by atoms with Gasteiger partial charge in [-0.05, 0) is 67.8 Å². The summed E-state index contributed by atoms with van der Waals surface area (Å²) in [5.41, 5.74) is 9.54. The summed E-state index contributed by atoms with van der Waals surface area (Å²) in [6, 6.07) is 13.4. The number of aryl methyl sites for hydroxylation is 3. The third-order valence-electron chi connectivity index (χ3n) is 5.80. The summed E-state index contributed by atoms with van der Waals surface area (Å²) in [6.07, 6.45) is 6.98. The lowest BCUT2D eigenvalue weighted by Crippen LogP contribution is -2.30. The normalized spacial score (nSPS) is 11.4. The van der Waals surface area contributed by atoms with Crippen molar-refractivity contribution in [1.29, 1.82) is 0 Å². The van der Waals surface area contributed by atoms with Crippen molar-refractivity contribution in [2.45, 2.75) is 41.0 Å². The Kier molecular flexibility index (Phi) is 5.38. The third kappa shape index (κ3) is 3.97. The molecule has 0 N–H and O–H groups in total. The van der Waals surface area contributed by atoms with Gasteiger partial charge in [0.05, 0.1) is 17.6 Å². The second-order valence-electron chi connectivity index (χ2n) is 8.86. The Morgan fingerprint density at radius 1 is 0.900 bits per heavy atom. The number of benzene rings is 2. The molecular formula is C27H30N3+. The lowest BCUT2D eigenvalue weighted by Gasteiger charge is -2.11. The van der Waals surface area contributed by atoms with Crippen LogP contribution >= 0.6 is 0 Å². The van der Waals surface area contributed by atoms with E-state index in [1.807, 2.05) is 12.4 Å². The van der Waals surface area contributed by atoms with Gasteiger partial charge in [-0.25, -0.2) is 4.57 Å². The van der Waals surface area contributed by atoms with E-state index in [-0.39, 0.29) is 0 Å². The monoisotopic (exact) mass is 396 g/mol. The van der Waals surface area contributed by atoms with Gasteiger partial charge in [-0.15, -0.1) is 0 Å². The maximum absolute atomic E-state index is 4.68. The van der Waals surface area contributed by atoms with Gasteiger partial charge in [0.25, 0.3) is 0 Å². The van der Waals surface area contributed by atoms with E-state index in [0.717, 1.165) is 23.4 Å². The molecule has 152 valence electrons. The Morgan fingerprint density at radius 2 is 1.70 bits per heavy atom. The molecule has 0 spiro atoms. The molecule has 0 bridgehead atoms. The zero-order valence-electron chi connectivity index (χ0n) is 18.8. The minimum atomic E-state index is 0.582. The molecule has 4 aromatic rings. The average molecular weight is 397 g/mol. The van der Waals surface area contributed by atoms with Gasteiger partial charge in [-0.3, -0.25) is 9.97 Å². The lowest BCUT2D eigenvalue weighted by atomic mass is 9.96. The maximum Gasteiger partial charge on any atom is 0.213 e. The van der Waals surface area contributed by atoms with Crippen LogP contribution in [0.2, 0.25) is 0 Å². The zero-order chi connectivity index (χ0) is 21.4. The first kappa shape index (κ1) is 20.2. The summed E-state index contributed by atoms with van der Waals surface area (Å²) in [7, 11) is 2.12. The molecule has 3 nitrogen and oxygen atoms in total. The smallest absolute Gasteiger partial charge is 0.213 e. The van der Waals surface area contributed by atoms with E-state index in [1.165, 1.54) is 38.7 Å². The van der Waals surface area contributed by atoms with Crippen LogP contribution in [0.25, 0.3) is 33.3 Å². The summed E-state index contributed by atoms with van der Waals surface area (Å²) < 4.78 is 2.23. The van der Waals surface area contributed by atoms with Gasteiger partial charge in [-0.1, -0.05) is 31.5 Å². The van der Waals surface area contributed by atoms with E-state index in [1.54, 1.807) is 0 Å². The van der Waals surface area contributed by atoms with Crippen molar-refractivity contribution in [3.8, 4) is 22.5 Å². The number of nitrogens with zero attached hydrogens (tertiary/aromatic N) is 3. The van der Waals surface area contributed by atoms with Gasteiger partial charge in [-0.2, -0.15) is 0 Å². The predicted molar refractivity (Wildman–Crippen MR) is 124 cm³/mol. The van der Waals surface area contributed by atoms with Crippen molar-refractivity contribution in [2.75, 3.05) is 0 Å². The van der Waals surface area contributed by atoms with Crippen LogP contribution in [-0.2, 0) is 13.5 Å². The molecular weight excluding hydrogens is 366 g/mol. The topological polar surface area (TPSA) is 29.7 Å². The Balaban J connectivity index is 1.79. The molecule has 0 saturated carbocycles. The molecule has 0 aliphatic rings. The quantitative estimate of drug-likeness (QED) is 0.401. The molecule has 0 unspecified atom stereocenters. The number of fused-ring (bicyclic) bond motifs is 1. The minimum absolute atomic E-state index is 0.582. The van der Waals surface area contributed by atoms with E-state index < -0.39 is 0 Å². The van der Waals surface area contributed by atoms with Crippen molar-refractivity contribution in [1.82, 2.24) is 9.97 Å². The molecule has 0 fully saturated rings. The van der Waals surface area contributed by atoms with Crippen LogP contribution in [0.15, 0.2) is 55.0 Å². The Morgan fingerprint density at radius 3 is 2.40 bits per heavy atom. The van der Waals surface area contributed by atoms with E-state index in [2.05, 4.69) is 98.8 Å². The van der Waals surface area contributed by atoms with Gasteiger partial charge in [0.2, 0.25) is 5.69 Å². The first-order valence-corrected chi connectivity index (χ1v) is 10.6. The van der Waals surface area contributed by atoms with Crippen molar-refractivity contribution >= 4 is 10.8 Å². The lowest BCUT2D eigenvalue weighted by molar-refractivity contribution is -0.659. The molecule has 0 saturated heterocycles. The maximum atomic E-state index is 4.68. The van der Waals surface area contributed by atoms with Gasteiger partial charge < -0.3 is 0 Å². The number of aromatic nitrogens is 3. The molecule has 0 radical (unpaired) electrons. The van der Waals surface area contributed by atoms with Crippen molar-refractivity contribution < 1.29 is 4.57 Å². The summed E-state index contributed by atoms with van der Waals surface area (Å²) in [4.78, 5) is 9.30. The first-order chi connectivity index (χ1) is 14.3. The van der Waals surface area contributed by atoms with Gasteiger partial charge in [0, 0.05) is 28.8 Å². The molecule has 4 rings (SSSR count). The molecule has 3 heteroatoms. The standard InChI is InChI=1S/C27H30N3/c1-17(2)9-24-14-29-26(15-28-24)21-7-8-22-16-30(6)27(13-23(22)12-21)25-11-18(3)10-19(4)20(25)5/h7-8,10-17H,9H2,1-6H3/q+1. The number of hydrogen-bond donors (Lipinski definition) is 0. The highest BCUT2D eigenvalue weighted by Crippen LogP contribution is 2.29. The van der Waals surface area contributed by atoms with Crippen LogP contribution in [-0.4, -0.2) is 9.97 Å². The molecule has 0 aliphatic carbocycles. The predicted octanol–water partition coefficient (Wildman–Crippen LogP) is 5.91.